The zero-order valence-electron chi connectivity index (χ0n) is 15.4. The van der Waals surface area contributed by atoms with Crippen molar-refractivity contribution in [2.75, 3.05) is 10.7 Å². The van der Waals surface area contributed by atoms with Crippen LogP contribution in [-0.4, -0.2) is 16.3 Å². The van der Waals surface area contributed by atoms with Crippen LogP contribution < -0.4 is 16.6 Å². The number of carbonyl (C=O) groups excluding carboxylic acids is 1. The van der Waals surface area contributed by atoms with Gasteiger partial charge in [-0.2, -0.15) is 0 Å². The molecular weight excluding hydrogens is 369 g/mol. The molecule has 0 aliphatic rings. The van der Waals surface area contributed by atoms with Gasteiger partial charge in [0.2, 0.25) is 0 Å². The van der Waals surface area contributed by atoms with Gasteiger partial charge >= 0.3 is 0 Å². The van der Waals surface area contributed by atoms with Crippen LogP contribution in [0.2, 0.25) is 0 Å². The minimum absolute atomic E-state index is 0.0305. The molecule has 2 aromatic carbocycles. The molecule has 0 amide bonds. The predicted octanol–water partition coefficient (Wildman–Crippen LogP) is 3.71. The van der Waals surface area contributed by atoms with Gasteiger partial charge in [-0.25, -0.2) is 15.2 Å². The number of nitrogens with zero attached hydrogens (tertiary/aromatic N) is 3. The van der Waals surface area contributed by atoms with Gasteiger partial charge in [-0.1, -0.05) is 12.1 Å². The van der Waals surface area contributed by atoms with Crippen LogP contribution in [-0.2, 0) is 6.54 Å². The topological polar surface area (TPSA) is 98.1 Å². The van der Waals surface area contributed by atoms with E-state index >= 15 is 0 Å². The molecular formula is C22H18FN5O. The van der Waals surface area contributed by atoms with E-state index < -0.39 is 5.82 Å². The lowest BCUT2D eigenvalue weighted by molar-refractivity contribution is 0.112. The summed E-state index contributed by atoms with van der Waals surface area (Å²) in [4.78, 5) is 19.9. The summed E-state index contributed by atoms with van der Waals surface area (Å²) in [6, 6.07) is 17.4. The third-order valence-corrected chi connectivity index (χ3v) is 4.62. The van der Waals surface area contributed by atoms with Gasteiger partial charge in [-0.3, -0.25) is 14.8 Å². The fourth-order valence-electron chi connectivity index (χ4n) is 3.14. The number of hydrogen-bond acceptors (Lipinski definition) is 6. The number of halogens is 1. The maximum absolute atomic E-state index is 13.6. The molecule has 4 aromatic rings. The van der Waals surface area contributed by atoms with Crippen molar-refractivity contribution in [3.05, 3.63) is 83.8 Å². The van der Waals surface area contributed by atoms with Crippen molar-refractivity contribution >= 4 is 28.7 Å². The smallest absolute Gasteiger partial charge is 0.166 e. The number of benzene rings is 2. The Morgan fingerprint density at radius 2 is 1.93 bits per heavy atom. The van der Waals surface area contributed by atoms with Gasteiger partial charge in [0.25, 0.3) is 0 Å². The van der Waals surface area contributed by atoms with Crippen molar-refractivity contribution in [3.63, 3.8) is 0 Å². The van der Waals surface area contributed by atoms with Crippen LogP contribution >= 0.6 is 0 Å². The van der Waals surface area contributed by atoms with E-state index in [0.717, 1.165) is 16.5 Å². The second kappa shape index (κ2) is 7.65. The van der Waals surface area contributed by atoms with Crippen molar-refractivity contribution in [1.82, 2.24) is 9.97 Å². The minimum atomic E-state index is -0.578. The molecule has 0 saturated carbocycles. The second-order valence-corrected chi connectivity index (χ2v) is 6.62. The lowest BCUT2D eigenvalue weighted by atomic mass is 10.1. The summed E-state index contributed by atoms with van der Waals surface area (Å²) in [5.41, 5.74) is 9.48. The molecule has 4 N–H and O–H groups in total. The third-order valence-electron chi connectivity index (χ3n) is 4.62. The quantitative estimate of drug-likeness (QED) is 0.308. The summed E-state index contributed by atoms with van der Waals surface area (Å²) in [6.07, 6.45) is 2.22. The van der Waals surface area contributed by atoms with Crippen LogP contribution in [0, 0.1) is 5.82 Å². The van der Waals surface area contributed by atoms with Crippen LogP contribution in [0.5, 0.6) is 0 Å². The van der Waals surface area contributed by atoms with E-state index in [2.05, 4.69) is 9.97 Å². The Labute approximate surface area is 166 Å². The summed E-state index contributed by atoms with van der Waals surface area (Å²) in [5.74, 6) is 6.07. The van der Waals surface area contributed by atoms with Crippen molar-refractivity contribution in [3.8, 4) is 11.3 Å². The number of anilines is 2. The Bertz CT molecular complexity index is 1210. The first kappa shape index (κ1) is 18.5. The van der Waals surface area contributed by atoms with Gasteiger partial charge in [0.05, 0.1) is 29.0 Å². The van der Waals surface area contributed by atoms with Crippen LogP contribution in [0.25, 0.3) is 22.2 Å². The minimum Gasteiger partial charge on any atom is -0.396 e. The number of aldehydes is 1. The molecule has 0 unspecified atom stereocenters. The number of nitrogen functional groups attached to an aromatic ring is 1. The lowest BCUT2D eigenvalue weighted by Crippen LogP contribution is -2.31. The average Bonchev–Trinajstić information content (AvgIpc) is 2.74. The molecule has 6 nitrogen and oxygen atoms in total. The molecule has 0 saturated heterocycles. The number of hydrazine groups is 1. The molecule has 7 heteroatoms. The highest BCUT2D eigenvalue weighted by atomic mass is 19.1. The standard InChI is InChI=1S/C22H18FN5O/c23-18-5-4-16(11-17(18)13-29)21-8-6-19(24)22(27-21)28(25)12-14-3-7-20-15(10-14)2-1-9-26-20/h1-11,13H,12,24-25H2. The van der Waals surface area contributed by atoms with Crippen molar-refractivity contribution in [2.45, 2.75) is 6.54 Å². The van der Waals surface area contributed by atoms with Crippen LogP contribution in [0.4, 0.5) is 15.9 Å². The summed E-state index contributed by atoms with van der Waals surface area (Å²) < 4.78 is 13.6. The SMILES string of the molecule is Nc1ccc(-c2ccc(F)c(C=O)c2)nc1N(N)Cc1ccc2ncccc2c1. The van der Waals surface area contributed by atoms with Gasteiger partial charge in [0, 0.05) is 17.1 Å². The normalized spacial score (nSPS) is 10.8. The molecule has 0 aliphatic heterocycles. The second-order valence-electron chi connectivity index (χ2n) is 6.62. The Morgan fingerprint density at radius 1 is 1.07 bits per heavy atom. The number of aromatic nitrogens is 2. The Hall–Kier alpha value is -3.84. The van der Waals surface area contributed by atoms with Crippen LogP contribution in [0.1, 0.15) is 15.9 Å². The van der Waals surface area contributed by atoms with E-state index in [1.165, 1.54) is 17.1 Å². The van der Waals surface area contributed by atoms with Gasteiger partial charge in [-0.05, 0) is 54.1 Å². The Morgan fingerprint density at radius 3 is 2.76 bits per heavy atom. The fraction of sp³-hybridized carbons (Fsp3) is 0.0455. The van der Waals surface area contributed by atoms with Crippen LogP contribution in [0.15, 0.2) is 66.9 Å². The summed E-state index contributed by atoms with van der Waals surface area (Å²) in [6.45, 7) is 0.383. The van der Waals surface area contributed by atoms with E-state index in [4.69, 9.17) is 11.6 Å². The summed E-state index contributed by atoms with van der Waals surface area (Å²) in [5, 5.41) is 2.47. The molecule has 2 heterocycles. The van der Waals surface area contributed by atoms with Gasteiger partial charge in [0.1, 0.15) is 5.82 Å². The zero-order chi connectivity index (χ0) is 20.4. The Balaban J connectivity index is 1.65. The lowest BCUT2D eigenvalue weighted by Gasteiger charge is -2.20. The van der Waals surface area contributed by atoms with E-state index in [1.807, 2.05) is 30.3 Å². The fourth-order valence-corrected chi connectivity index (χ4v) is 3.14. The molecule has 2 aromatic heterocycles. The molecule has 0 fully saturated rings. The number of pyridine rings is 2. The first-order valence-corrected chi connectivity index (χ1v) is 8.92. The highest BCUT2D eigenvalue weighted by Crippen LogP contribution is 2.27. The summed E-state index contributed by atoms with van der Waals surface area (Å²) >= 11 is 0. The van der Waals surface area contributed by atoms with E-state index in [-0.39, 0.29) is 5.56 Å². The van der Waals surface area contributed by atoms with Crippen molar-refractivity contribution in [2.24, 2.45) is 5.84 Å². The molecule has 0 aliphatic carbocycles. The number of fused-ring (bicyclic) bond motifs is 1. The van der Waals surface area contributed by atoms with Crippen LogP contribution in [0.3, 0.4) is 0 Å². The third kappa shape index (κ3) is 3.76. The van der Waals surface area contributed by atoms with E-state index in [0.29, 0.717) is 35.6 Å². The highest BCUT2D eigenvalue weighted by Gasteiger charge is 2.13. The molecule has 29 heavy (non-hydrogen) atoms. The maximum atomic E-state index is 13.6. The predicted molar refractivity (Wildman–Crippen MR) is 112 cm³/mol. The summed E-state index contributed by atoms with van der Waals surface area (Å²) in [7, 11) is 0. The number of hydrogen-bond donors (Lipinski definition) is 2. The maximum Gasteiger partial charge on any atom is 0.166 e. The first-order chi connectivity index (χ1) is 14.0. The molecule has 0 radical (unpaired) electrons. The highest BCUT2D eigenvalue weighted by molar-refractivity contribution is 5.80. The van der Waals surface area contributed by atoms with Gasteiger partial charge in [-0.15, -0.1) is 0 Å². The average molecular weight is 387 g/mol. The van der Waals surface area contributed by atoms with E-state index in [1.54, 1.807) is 24.4 Å². The number of carbonyl (C=O) groups is 1. The molecule has 0 spiro atoms. The van der Waals surface area contributed by atoms with Gasteiger partial charge < -0.3 is 5.73 Å². The zero-order valence-corrected chi connectivity index (χ0v) is 15.4. The molecule has 0 atom stereocenters. The largest absolute Gasteiger partial charge is 0.396 e. The van der Waals surface area contributed by atoms with E-state index in [9.17, 15) is 9.18 Å². The number of nitrogens with two attached hydrogens (primary N) is 2. The molecule has 0 bridgehead atoms. The first-order valence-electron chi connectivity index (χ1n) is 8.92. The molecule has 4 rings (SSSR count). The van der Waals surface area contributed by atoms with Gasteiger partial charge in [0.15, 0.2) is 12.1 Å². The Kier molecular flexibility index (Phi) is 4.88. The number of rotatable bonds is 5. The molecule has 144 valence electrons. The monoisotopic (exact) mass is 387 g/mol. The van der Waals surface area contributed by atoms with Crippen molar-refractivity contribution < 1.29 is 9.18 Å². The van der Waals surface area contributed by atoms with Crippen molar-refractivity contribution in [1.29, 1.82) is 0 Å².